The summed E-state index contributed by atoms with van der Waals surface area (Å²) in [7, 11) is 2.13. The van der Waals surface area contributed by atoms with Gasteiger partial charge < -0.3 is 4.90 Å². The van der Waals surface area contributed by atoms with Gasteiger partial charge in [-0.05, 0) is 56.2 Å². The average Bonchev–Trinajstić information content (AvgIpc) is 2.38. The average molecular weight is 242 g/mol. The Morgan fingerprint density at radius 1 is 1.22 bits per heavy atom. The molecular formula is C16H22N2. The first-order valence-corrected chi connectivity index (χ1v) is 6.85. The maximum atomic E-state index is 9.26. The minimum atomic E-state index is 0.594. The van der Waals surface area contributed by atoms with E-state index < -0.39 is 0 Å². The van der Waals surface area contributed by atoms with Gasteiger partial charge in [-0.25, -0.2) is 0 Å². The van der Waals surface area contributed by atoms with Crippen molar-refractivity contribution in [3.05, 3.63) is 29.3 Å². The summed E-state index contributed by atoms with van der Waals surface area (Å²) < 4.78 is 0. The molecule has 1 saturated carbocycles. The first-order chi connectivity index (χ1) is 8.61. The molecule has 0 spiro atoms. The SMILES string of the molecule is Cc1ccc(N(C)C2CCC(C)CC2)c(C#N)c1. The van der Waals surface area contributed by atoms with E-state index in [0.717, 1.165) is 22.7 Å². The van der Waals surface area contributed by atoms with Crippen molar-refractivity contribution in [2.75, 3.05) is 11.9 Å². The van der Waals surface area contributed by atoms with E-state index >= 15 is 0 Å². The standard InChI is InChI=1S/C16H22N2/c1-12-4-7-15(8-5-12)18(3)16-9-6-13(2)10-14(16)11-17/h6,9-10,12,15H,4-5,7-8H2,1-3H3. The van der Waals surface area contributed by atoms with Crippen LogP contribution in [-0.2, 0) is 0 Å². The van der Waals surface area contributed by atoms with Gasteiger partial charge in [0, 0.05) is 13.1 Å². The van der Waals surface area contributed by atoms with Gasteiger partial charge in [0.25, 0.3) is 0 Å². The number of anilines is 1. The van der Waals surface area contributed by atoms with Crippen LogP contribution in [0.3, 0.4) is 0 Å². The monoisotopic (exact) mass is 242 g/mol. The van der Waals surface area contributed by atoms with Crippen LogP contribution in [0.2, 0.25) is 0 Å². The fourth-order valence-corrected chi connectivity index (χ4v) is 2.87. The van der Waals surface area contributed by atoms with Gasteiger partial charge in [0.15, 0.2) is 0 Å². The molecule has 0 unspecified atom stereocenters. The zero-order valence-electron chi connectivity index (χ0n) is 11.6. The largest absolute Gasteiger partial charge is 0.371 e. The fraction of sp³-hybridized carbons (Fsp3) is 0.562. The van der Waals surface area contributed by atoms with Crippen LogP contribution in [0.15, 0.2) is 18.2 Å². The van der Waals surface area contributed by atoms with Gasteiger partial charge in [-0.3, -0.25) is 0 Å². The summed E-state index contributed by atoms with van der Waals surface area (Å²) in [6.45, 7) is 4.37. The molecule has 0 amide bonds. The van der Waals surface area contributed by atoms with E-state index in [9.17, 15) is 5.26 Å². The molecule has 96 valence electrons. The van der Waals surface area contributed by atoms with Crippen molar-refractivity contribution in [1.82, 2.24) is 0 Å². The fourth-order valence-electron chi connectivity index (χ4n) is 2.87. The van der Waals surface area contributed by atoms with E-state index in [2.05, 4.69) is 37.1 Å². The van der Waals surface area contributed by atoms with Crippen molar-refractivity contribution in [2.24, 2.45) is 5.92 Å². The van der Waals surface area contributed by atoms with Gasteiger partial charge in [-0.1, -0.05) is 13.0 Å². The van der Waals surface area contributed by atoms with Crippen molar-refractivity contribution in [1.29, 1.82) is 5.26 Å². The smallest absolute Gasteiger partial charge is 0.101 e. The molecule has 2 rings (SSSR count). The first-order valence-electron chi connectivity index (χ1n) is 6.85. The molecule has 1 aromatic carbocycles. The highest BCUT2D eigenvalue weighted by Gasteiger charge is 2.23. The van der Waals surface area contributed by atoms with Gasteiger partial charge in [0.1, 0.15) is 6.07 Å². The molecule has 2 heteroatoms. The van der Waals surface area contributed by atoms with Crippen molar-refractivity contribution < 1.29 is 0 Å². The van der Waals surface area contributed by atoms with Gasteiger partial charge in [-0.2, -0.15) is 5.26 Å². The molecule has 0 aromatic heterocycles. The van der Waals surface area contributed by atoms with Crippen LogP contribution in [0.4, 0.5) is 5.69 Å². The summed E-state index contributed by atoms with van der Waals surface area (Å²) in [4.78, 5) is 2.31. The van der Waals surface area contributed by atoms with E-state index in [1.54, 1.807) is 0 Å². The third kappa shape index (κ3) is 2.67. The van der Waals surface area contributed by atoms with Crippen LogP contribution in [0, 0.1) is 24.2 Å². The first kappa shape index (κ1) is 13.0. The van der Waals surface area contributed by atoms with Gasteiger partial charge in [0.2, 0.25) is 0 Å². The quantitative estimate of drug-likeness (QED) is 0.787. The van der Waals surface area contributed by atoms with Crippen LogP contribution in [0.25, 0.3) is 0 Å². The lowest BCUT2D eigenvalue weighted by molar-refractivity contribution is 0.340. The van der Waals surface area contributed by atoms with Gasteiger partial charge in [-0.15, -0.1) is 0 Å². The Morgan fingerprint density at radius 2 is 1.89 bits per heavy atom. The predicted octanol–water partition coefficient (Wildman–Crippen LogP) is 3.88. The third-order valence-corrected chi connectivity index (χ3v) is 4.19. The molecule has 1 aliphatic rings. The highest BCUT2D eigenvalue weighted by Crippen LogP contribution is 2.31. The number of aryl methyl sites for hydroxylation is 1. The molecule has 0 N–H and O–H groups in total. The summed E-state index contributed by atoms with van der Waals surface area (Å²) in [6, 6.07) is 9.09. The van der Waals surface area contributed by atoms with Gasteiger partial charge >= 0.3 is 0 Å². The Balaban J connectivity index is 2.18. The number of rotatable bonds is 2. The number of hydrogen-bond donors (Lipinski definition) is 0. The minimum Gasteiger partial charge on any atom is -0.371 e. The zero-order valence-corrected chi connectivity index (χ0v) is 11.6. The summed E-state index contributed by atoms with van der Waals surface area (Å²) in [5.74, 6) is 0.864. The van der Waals surface area contributed by atoms with E-state index in [4.69, 9.17) is 0 Å². The van der Waals surface area contributed by atoms with Crippen LogP contribution in [-0.4, -0.2) is 13.1 Å². The van der Waals surface area contributed by atoms with Crippen LogP contribution in [0.5, 0.6) is 0 Å². The molecule has 0 aliphatic heterocycles. The molecule has 0 bridgehead atoms. The van der Waals surface area contributed by atoms with Gasteiger partial charge in [0.05, 0.1) is 11.3 Å². The molecular weight excluding hydrogens is 220 g/mol. The molecule has 18 heavy (non-hydrogen) atoms. The van der Waals surface area contributed by atoms with Crippen molar-refractivity contribution in [3.8, 4) is 6.07 Å². The lowest BCUT2D eigenvalue weighted by Crippen LogP contribution is -2.35. The Kier molecular flexibility index (Phi) is 3.91. The van der Waals surface area contributed by atoms with E-state index in [0.29, 0.717) is 6.04 Å². The van der Waals surface area contributed by atoms with Crippen molar-refractivity contribution in [2.45, 2.75) is 45.6 Å². The van der Waals surface area contributed by atoms with Crippen LogP contribution < -0.4 is 4.90 Å². The van der Waals surface area contributed by atoms with Crippen LogP contribution >= 0.6 is 0 Å². The summed E-state index contributed by atoms with van der Waals surface area (Å²) in [5.41, 5.74) is 3.04. The number of nitriles is 1. The molecule has 0 radical (unpaired) electrons. The second kappa shape index (κ2) is 5.44. The third-order valence-electron chi connectivity index (χ3n) is 4.19. The minimum absolute atomic E-state index is 0.594. The van der Waals surface area contributed by atoms with E-state index in [1.165, 1.54) is 25.7 Å². The normalized spacial score (nSPS) is 23.4. The Hall–Kier alpha value is -1.49. The Labute approximate surface area is 110 Å². The van der Waals surface area contributed by atoms with E-state index in [-0.39, 0.29) is 0 Å². The second-order valence-corrected chi connectivity index (χ2v) is 5.66. The zero-order chi connectivity index (χ0) is 13.1. The highest BCUT2D eigenvalue weighted by atomic mass is 15.1. The summed E-state index contributed by atoms with van der Waals surface area (Å²) >= 11 is 0. The molecule has 0 atom stereocenters. The topological polar surface area (TPSA) is 27.0 Å². The molecule has 0 saturated heterocycles. The molecule has 1 aliphatic carbocycles. The lowest BCUT2D eigenvalue weighted by atomic mass is 9.86. The molecule has 1 aromatic rings. The highest BCUT2D eigenvalue weighted by molar-refractivity contribution is 5.60. The predicted molar refractivity (Wildman–Crippen MR) is 75.7 cm³/mol. The number of hydrogen-bond acceptors (Lipinski definition) is 2. The van der Waals surface area contributed by atoms with E-state index in [1.807, 2.05) is 13.0 Å². The number of nitrogens with zero attached hydrogens (tertiary/aromatic N) is 2. The second-order valence-electron chi connectivity index (χ2n) is 5.66. The lowest BCUT2D eigenvalue weighted by Gasteiger charge is -2.35. The maximum absolute atomic E-state index is 9.26. The Bertz CT molecular complexity index is 451. The maximum Gasteiger partial charge on any atom is 0.101 e. The Morgan fingerprint density at radius 3 is 2.50 bits per heavy atom. The molecule has 0 heterocycles. The number of benzene rings is 1. The summed E-state index contributed by atoms with van der Waals surface area (Å²) in [5, 5.41) is 9.26. The van der Waals surface area contributed by atoms with Crippen molar-refractivity contribution in [3.63, 3.8) is 0 Å². The summed E-state index contributed by atoms with van der Waals surface area (Å²) in [6.07, 6.45) is 5.11. The molecule has 1 fully saturated rings. The van der Waals surface area contributed by atoms with Crippen molar-refractivity contribution >= 4 is 5.69 Å². The molecule has 2 nitrogen and oxygen atoms in total. The van der Waals surface area contributed by atoms with Crippen LogP contribution in [0.1, 0.15) is 43.7 Å².